The van der Waals surface area contributed by atoms with Gasteiger partial charge in [-0.05, 0) is 87.9 Å². The SMILES string of the molecule is CCOC(=O)N1C2CCC1CC(N1CCC3(CC[C@H](NC(C)=O)c4ccccc43)CC1)C2. The van der Waals surface area contributed by atoms with Crippen molar-refractivity contribution < 1.29 is 14.3 Å². The van der Waals surface area contributed by atoms with Gasteiger partial charge in [-0.2, -0.15) is 0 Å². The lowest BCUT2D eigenvalue weighted by Crippen LogP contribution is -2.55. The average Bonchev–Trinajstić information content (AvgIpc) is 3.06. The third-order valence-corrected chi connectivity index (χ3v) is 8.65. The van der Waals surface area contributed by atoms with Crippen LogP contribution in [0.2, 0.25) is 0 Å². The normalized spacial score (nSPS) is 31.2. The molecule has 3 atom stereocenters. The van der Waals surface area contributed by atoms with Crippen molar-refractivity contribution in [2.75, 3.05) is 19.7 Å². The highest BCUT2D eigenvalue weighted by molar-refractivity contribution is 5.73. The Morgan fingerprint density at radius 2 is 1.72 bits per heavy atom. The molecule has 1 aromatic carbocycles. The van der Waals surface area contributed by atoms with Crippen LogP contribution in [-0.2, 0) is 14.9 Å². The average molecular weight is 440 g/mol. The van der Waals surface area contributed by atoms with E-state index in [4.69, 9.17) is 4.74 Å². The predicted octanol–water partition coefficient (Wildman–Crippen LogP) is 4.14. The molecular weight excluding hydrogens is 402 g/mol. The Hall–Kier alpha value is -2.08. The zero-order chi connectivity index (χ0) is 22.3. The van der Waals surface area contributed by atoms with Crippen molar-refractivity contribution in [3.8, 4) is 0 Å². The number of amides is 2. The summed E-state index contributed by atoms with van der Waals surface area (Å²) in [5.74, 6) is 0.0550. The summed E-state index contributed by atoms with van der Waals surface area (Å²) < 4.78 is 5.33. The van der Waals surface area contributed by atoms with Gasteiger partial charge in [0.2, 0.25) is 5.91 Å². The second-order valence-corrected chi connectivity index (χ2v) is 10.3. The van der Waals surface area contributed by atoms with Crippen molar-refractivity contribution in [3.63, 3.8) is 0 Å². The molecule has 3 saturated heterocycles. The Labute approximate surface area is 191 Å². The molecule has 2 amide bonds. The number of carbonyl (C=O) groups excluding carboxylic acids is 2. The van der Waals surface area contributed by atoms with Crippen LogP contribution in [0.25, 0.3) is 0 Å². The van der Waals surface area contributed by atoms with Crippen molar-refractivity contribution in [2.45, 2.75) is 94.8 Å². The molecule has 0 aromatic heterocycles. The number of fused-ring (bicyclic) bond motifs is 4. The van der Waals surface area contributed by atoms with E-state index >= 15 is 0 Å². The number of benzene rings is 1. The van der Waals surface area contributed by atoms with Gasteiger partial charge >= 0.3 is 6.09 Å². The Balaban J connectivity index is 1.26. The fraction of sp³-hybridized carbons (Fsp3) is 0.692. The van der Waals surface area contributed by atoms with Crippen LogP contribution in [0.4, 0.5) is 4.79 Å². The van der Waals surface area contributed by atoms with E-state index in [1.807, 2.05) is 11.8 Å². The molecule has 174 valence electrons. The van der Waals surface area contributed by atoms with Gasteiger partial charge in [0.25, 0.3) is 0 Å². The van der Waals surface area contributed by atoms with Gasteiger partial charge in [-0.3, -0.25) is 4.79 Å². The number of carbonyl (C=O) groups is 2. The van der Waals surface area contributed by atoms with Crippen LogP contribution in [0.1, 0.15) is 82.4 Å². The molecule has 2 unspecified atom stereocenters. The first-order chi connectivity index (χ1) is 15.5. The summed E-state index contributed by atoms with van der Waals surface area (Å²) >= 11 is 0. The maximum absolute atomic E-state index is 12.4. The number of hydrogen-bond donors (Lipinski definition) is 1. The molecule has 1 aromatic rings. The van der Waals surface area contributed by atoms with E-state index in [0.717, 1.165) is 51.6 Å². The van der Waals surface area contributed by atoms with Gasteiger partial charge in [-0.1, -0.05) is 24.3 Å². The van der Waals surface area contributed by atoms with Gasteiger partial charge in [-0.15, -0.1) is 0 Å². The van der Waals surface area contributed by atoms with Crippen LogP contribution in [0, 0.1) is 0 Å². The van der Waals surface area contributed by atoms with Gasteiger partial charge in [-0.25, -0.2) is 4.79 Å². The van der Waals surface area contributed by atoms with E-state index < -0.39 is 0 Å². The highest BCUT2D eigenvalue weighted by Crippen LogP contribution is 2.49. The van der Waals surface area contributed by atoms with Crippen LogP contribution in [0.5, 0.6) is 0 Å². The third kappa shape index (κ3) is 3.81. The maximum atomic E-state index is 12.4. The monoisotopic (exact) mass is 439 g/mol. The minimum absolute atomic E-state index is 0.0550. The van der Waals surface area contributed by atoms with Gasteiger partial charge in [0, 0.05) is 25.0 Å². The molecule has 3 fully saturated rings. The molecule has 0 radical (unpaired) electrons. The summed E-state index contributed by atoms with van der Waals surface area (Å²) in [6, 6.07) is 10.2. The van der Waals surface area contributed by atoms with Crippen LogP contribution in [0.15, 0.2) is 24.3 Å². The fourth-order valence-electron chi connectivity index (χ4n) is 7.17. The highest BCUT2D eigenvalue weighted by Gasteiger charge is 2.48. The Bertz CT molecular complexity index is 850. The minimum Gasteiger partial charge on any atom is -0.450 e. The van der Waals surface area contributed by atoms with Gasteiger partial charge in [0.15, 0.2) is 0 Å². The smallest absolute Gasteiger partial charge is 0.410 e. The standard InChI is InChI=1S/C26H37N3O3/c1-3-32-25(31)29-19-8-9-20(29)17-21(16-19)28-14-12-26(13-15-28)11-10-24(27-18(2)30)22-6-4-5-7-23(22)26/h4-7,19-21,24H,3,8-17H2,1-2H3,(H,27,30)/t19?,20?,21?,24-/m0/s1. The first-order valence-corrected chi connectivity index (χ1v) is 12.6. The second-order valence-electron chi connectivity index (χ2n) is 10.3. The van der Waals surface area contributed by atoms with Crippen LogP contribution >= 0.6 is 0 Å². The summed E-state index contributed by atoms with van der Waals surface area (Å²) in [5.41, 5.74) is 3.03. The Morgan fingerprint density at radius 3 is 2.38 bits per heavy atom. The maximum Gasteiger partial charge on any atom is 0.410 e. The Morgan fingerprint density at radius 1 is 1.03 bits per heavy atom. The lowest BCUT2D eigenvalue weighted by molar-refractivity contribution is -0.119. The molecule has 6 nitrogen and oxygen atoms in total. The van der Waals surface area contributed by atoms with Crippen molar-refractivity contribution in [1.29, 1.82) is 0 Å². The van der Waals surface area contributed by atoms with Gasteiger partial charge in [0.1, 0.15) is 0 Å². The van der Waals surface area contributed by atoms with Crippen molar-refractivity contribution in [1.82, 2.24) is 15.1 Å². The summed E-state index contributed by atoms with van der Waals surface area (Å²) in [6.07, 6.45) is 8.85. The first kappa shape index (κ1) is 21.7. The lowest BCUT2D eigenvalue weighted by atomic mass is 9.63. The number of likely N-dealkylation sites (tertiary alicyclic amines) is 1. The van der Waals surface area contributed by atoms with E-state index in [1.54, 1.807) is 6.92 Å². The van der Waals surface area contributed by atoms with Crippen molar-refractivity contribution in [3.05, 3.63) is 35.4 Å². The highest BCUT2D eigenvalue weighted by atomic mass is 16.6. The zero-order valence-electron chi connectivity index (χ0n) is 19.5. The van der Waals surface area contributed by atoms with Crippen molar-refractivity contribution >= 4 is 12.0 Å². The minimum atomic E-state index is -0.108. The van der Waals surface area contributed by atoms with E-state index in [1.165, 1.54) is 24.0 Å². The molecule has 3 heterocycles. The fourth-order valence-corrected chi connectivity index (χ4v) is 7.17. The van der Waals surface area contributed by atoms with Crippen LogP contribution in [-0.4, -0.2) is 59.6 Å². The Kier molecular flexibility index (Phi) is 5.91. The molecule has 0 saturated carbocycles. The molecule has 2 bridgehead atoms. The number of rotatable bonds is 3. The molecule has 3 aliphatic heterocycles. The topological polar surface area (TPSA) is 61.9 Å². The van der Waals surface area contributed by atoms with Crippen molar-refractivity contribution in [2.24, 2.45) is 0 Å². The van der Waals surface area contributed by atoms with Crippen LogP contribution < -0.4 is 5.32 Å². The van der Waals surface area contributed by atoms with E-state index in [2.05, 4.69) is 34.5 Å². The molecule has 1 N–H and O–H groups in total. The lowest BCUT2D eigenvalue weighted by Gasteiger charge is -2.50. The number of nitrogens with zero attached hydrogens (tertiary/aromatic N) is 2. The summed E-state index contributed by atoms with van der Waals surface area (Å²) in [5, 5.41) is 3.17. The molecule has 4 aliphatic rings. The quantitative estimate of drug-likeness (QED) is 0.769. The van der Waals surface area contributed by atoms with E-state index in [-0.39, 0.29) is 23.5 Å². The zero-order valence-corrected chi connectivity index (χ0v) is 19.5. The predicted molar refractivity (Wildman–Crippen MR) is 123 cm³/mol. The van der Waals surface area contributed by atoms with Gasteiger partial charge < -0.3 is 19.9 Å². The molecule has 1 spiro atoms. The third-order valence-electron chi connectivity index (χ3n) is 8.65. The number of piperidine rings is 2. The van der Waals surface area contributed by atoms with Gasteiger partial charge in [0.05, 0.1) is 12.6 Å². The molecular formula is C26H37N3O3. The summed E-state index contributed by atoms with van der Waals surface area (Å²) in [6.45, 7) is 6.21. The number of hydrogen-bond acceptors (Lipinski definition) is 4. The molecule has 1 aliphatic carbocycles. The molecule has 5 rings (SSSR count). The number of ether oxygens (including phenoxy) is 1. The number of nitrogens with one attached hydrogen (secondary N) is 1. The van der Waals surface area contributed by atoms with E-state index in [0.29, 0.717) is 24.7 Å². The van der Waals surface area contributed by atoms with E-state index in [9.17, 15) is 9.59 Å². The summed E-state index contributed by atoms with van der Waals surface area (Å²) in [7, 11) is 0. The largest absolute Gasteiger partial charge is 0.450 e. The molecule has 6 heteroatoms. The molecule has 32 heavy (non-hydrogen) atoms. The first-order valence-electron chi connectivity index (χ1n) is 12.6. The van der Waals surface area contributed by atoms with Crippen LogP contribution in [0.3, 0.4) is 0 Å². The summed E-state index contributed by atoms with van der Waals surface area (Å²) in [4.78, 5) is 28.9. The second kappa shape index (κ2) is 8.69.